The van der Waals surface area contributed by atoms with Gasteiger partial charge in [0.05, 0.1) is 0 Å². The molecule has 3 rings (SSSR count). The first-order valence-electron chi connectivity index (χ1n) is 7.30. The fourth-order valence-electron chi connectivity index (χ4n) is 2.77. The summed E-state index contributed by atoms with van der Waals surface area (Å²) in [6, 6.07) is 0. The first kappa shape index (κ1) is 14.1. The van der Waals surface area contributed by atoms with Gasteiger partial charge in [-0.3, -0.25) is 4.79 Å². The molecule has 18 heavy (non-hydrogen) atoms. The Kier molecular flexibility index (Phi) is 4.91. The van der Waals surface area contributed by atoms with Crippen molar-refractivity contribution in [1.82, 2.24) is 10.2 Å². The fraction of sp³-hybridized carbons (Fsp3) is 0.929. The topological polar surface area (TPSA) is 32.3 Å². The van der Waals surface area contributed by atoms with Crippen molar-refractivity contribution in [3.05, 3.63) is 0 Å². The summed E-state index contributed by atoms with van der Waals surface area (Å²) in [4.78, 5) is 14.5. The van der Waals surface area contributed by atoms with Crippen LogP contribution in [0.15, 0.2) is 0 Å². The van der Waals surface area contributed by atoms with E-state index < -0.39 is 0 Å². The molecule has 0 aromatic heterocycles. The van der Waals surface area contributed by atoms with Crippen LogP contribution < -0.4 is 5.32 Å². The Morgan fingerprint density at radius 3 is 2.06 bits per heavy atom. The van der Waals surface area contributed by atoms with Gasteiger partial charge in [0, 0.05) is 19.5 Å². The second-order valence-corrected chi connectivity index (χ2v) is 6.25. The van der Waals surface area contributed by atoms with Crippen molar-refractivity contribution < 1.29 is 4.79 Å². The molecular formula is C14H25ClN2O. The van der Waals surface area contributed by atoms with E-state index in [1.165, 1.54) is 32.1 Å². The molecule has 1 aliphatic heterocycles. The zero-order chi connectivity index (χ0) is 11.7. The van der Waals surface area contributed by atoms with Crippen LogP contribution in [0.2, 0.25) is 0 Å². The summed E-state index contributed by atoms with van der Waals surface area (Å²) >= 11 is 0. The zero-order valence-electron chi connectivity index (χ0n) is 11.1. The number of nitrogens with one attached hydrogen (secondary N) is 1. The highest BCUT2D eigenvalue weighted by molar-refractivity contribution is 5.85. The molecule has 1 N–H and O–H groups in total. The van der Waals surface area contributed by atoms with E-state index in [0.717, 1.165) is 44.4 Å². The van der Waals surface area contributed by atoms with Crippen molar-refractivity contribution in [3.8, 4) is 0 Å². The highest BCUT2D eigenvalue weighted by Gasteiger charge is 2.32. The van der Waals surface area contributed by atoms with E-state index in [9.17, 15) is 4.79 Å². The highest BCUT2D eigenvalue weighted by Crippen LogP contribution is 2.34. The number of rotatable bonds is 6. The standard InChI is InChI=1S/C14H24N2O.ClH/c17-14(7-13-5-6-15-8-13)16(9-11-1-2-11)10-12-3-4-12;/h11-13,15H,1-10H2;1H. The highest BCUT2D eigenvalue weighted by atomic mass is 35.5. The molecule has 0 spiro atoms. The number of carbonyl (C=O) groups excluding carboxylic acids is 1. The van der Waals surface area contributed by atoms with Gasteiger partial charge in [-0.05, 0) is 62.9 Å². The minimum absolute atomic E-state index is 0. The van der Waals surface area contributed by atoms with Gasteiger partial charge < -0.3 is 10.2 Å². The van der Waals surface area contributed by atoms with E-state index in [0.29, 0.717) is 11.8 Å². The normalized spacial score (nSPS) is 26.8. The maximum Gasteiger partial charge on any atom is 0.222 e. The smallest absolute Gasteiger partial charge is 0.222 e. The second-order valence-electron chi connectivity index (χ2n) is 6.25. The van der Waals surface area contributed by atoms with Gasteiger partial charge in [0.25, 0.3) is 0 Å². The van der Waals surface area contributed by atoms with Crippen molar-refractivity contribution in [3.63, 3.8) is 0 Å². The summed E-state index contributed by atoms with van der Waals surface area (Å²) in [5, 5.41) is 3.35. The van der Waals surface area contributed by atoms with Crippen LogP contribution in [-0.4, -0.2) is 37.0 Å². The van der Waals surface area contributed by atoms with Crippen LogP contribution >= 0.6 is 12.4 Å². The van der Waals surface area contributed by atoms with Gasteiger partial charge in [-0.2, -0.15) is 0 Å². The van der Waals surface area contributed by atoms with Crippen molar-refractivity contribution in [2.24, 2.45) is 17.8 Å². The van der Waals surface area contributed by atoms with Crippen LogP contribution in [-0.2, 0) is 4.79 Å². The van der Waals surface area contributed by atoms with E-state index in [4.69, 9.17) is 0 Å². The Labute approximate surface area is 116 Å². The third kappa shape index (κ3) is 4.13. The number of nitrogens with zero attached hydrogens (tertiary/aromatic N) is 1. The summed E-state index contributed by atoms with van der Waals surface area (Å²) in [6.45, 7) is 4.25. The number of hydrogen-bond acceptors (Lipinski definition) is 2. The van der Waals surface area contributed by atoms with Crippen LogP contribution in [0.3, 0.4) is 0 Å². The average Bonchev–Trinajstić information content (AvgIpc) is 3.23. The monoisotopic (exact) mass is 272 g/mol. The maximum atomic E-state index is 12.3. The Bertz CT molecular complexity index is 270. The minimum Gasteiger partial charge on any atom is -0.342 e. The Morgan fingerprint density at radius 2 is 1.61 bits per heavy atom. The molecule has 2 saturated carbocycles. The molecule has 1 atom stereocenters. The number of halogens is 1. The van der Waals surface area contributed by atoms with E-state index >= 15 is 0 Å². The summed E-state index contributed by atoms with van der Waals surface area (Å²) in [7, 11) is 0. The van der Waals surface area contributed by atoms with Crippen LogP contribution in [0.25, 0.3) is 0 Å². The van der Waals surface area contributed by atoms with Crippen molar-refractivity contribution in [1.29, 1.82) is 0 Å². The molecule has 0 radical (unpaired) electrons. The van der Waals surface area contributed by atoms with E-state index in [-0.39, 0.29) is 12.4 Å². The molecular weight excluding hydrogens is 248 g/mol. The third-order valence-electron chi connectivity index (χ3n) is 4.33. The summed E-state index contributed by atoms with van der Waals surface area (Å²) in [6.07, 6.45) is 7.36. The van der Waals surface area contributed by atoms with E-state index in [1.54, 1.807) is 0 Å². The molecule has 1 unspecified atom stereocenters. The summed E-state index contributed by atoms with van der Waals surface area (Å²) in [5.74, 6) is 2.69. The zero-order valence-corrected chi connectivity index (χ0v) is 11.9. The molecule has 1 heterocycles. The minimum atomic E-state index is 0. The fourth-order valence-corrected chi connectivity index (χ4v) is 2.77. The van der Waals surface area contributed by atoms with Crippen molar-refractivity contribution in [2.75, 3.05) is 26.2 Å². The molecule has 0 aromatic rings. The average molecular weight is 273 g/mol. The van der Waals surface area contributed by atoms with Gasteiger partial charge in [0.2, 0.25) is 5.91 Å². The molecule has 1 amide bonds. The van der Waals surface area contributed by atoms with Gasteiger partial charge in [-0.15, -0.1) is 12.4 Å². The van der Waals surface area contributed by atoms with Gasteiger partial charge in [0.1, 0.15) is 0 Å². The van der Waals surface area contributed by atoms with Gasteiger partial charge in [-0.1, -0.05) is 0 Å². The molecule has 2 aliphatic carbocycles. The van der Waals surface area contributed by atoms with Gasteiger partial charge in [0.15, 0.2) is 0 Å². The summed E-state index contributed by atoms with van der Waals surface area (Å²) < 4.78 is 0. The maximum absolute atomic E-state index is 12.3. The quantitative estimate of drug-likeness (QED) is 0.803. The van der Waals surface area contributed by atoms with Crippen LogP contribution in [0.4, 0.5) is 0 Å². The van der Waals surface area contributed by atoms with Gasteiger partial charge in [-0.25, -0.2) is 0 Å². The Morgan fingerprint density at radius 1 is 1.00 bits per heavy atom. The van der Waals surface area contributed by atoms with Gasteiger partial charge >= 0.3 is 0 Å². The number of carbonyl (C=O) groups is 1. The lowest BCUT2D eigenvalue weighted by Crippen LogP contribution is -2.36. The van der Waals surface area contributed by atoms with Crippen LogP contribution in [0, 0.1) is 17.8 Å². The predicted molar refractivity (Wildman–Crippen MR) is 74.9 cm³/mol. The SMILES string of the molecule is Cl.O=C(CC1CCNC1)N(CC1CC1)CC1CC1. The van der Waals surface area contributed by atoms with Crippen molar-refractivity contribution >= 4 is 18.3 Å². The lowest BCUT2D eigenvalue weighted by molar-refractivity contribution is -0.132. The summed E-state index contributed by atoms with van der Waals surface area (Å²) in [5.41, 5.74) is 0. The molecule has 3 fully saturated rings. The second kappa shape index (κ2) is 6.25. The Balaban J connectivity index is 0.00000120. The Hall–Kier alpha value is -0.280. The van der Waals surface area contributed by atoms with E-state index in [2.05, 4.69) is 10.2 Å². The van der Waals surface area contributed by atoms with Crippen LogP contribution in [0.5, 0.6) is 0 Å². The van der Waals surface area contributed by atoms with Crippen LogP contribution in [0.1, 0.15) is 38.5 Å². The van der Waals surface area contributed by atoms with E-state index in [1.807, 2.05) is 0 Å². The lowest BCUT2D eigenvalue weighted by Gasteiger charge is -2.24. The largest absolute Gasteiger partial charge is 0.342 e. The number of amides is 1. The first-order chi connectivity index (χ1) is 8.31. The van der Waals surface area contributed by atoms with Crippen molar-refractivity contribution in [2.45, 2.75) is 38.5 Å². The molecule has 0 aromatic carbocycles. The first-order valence-corrected chi connectivity index (χ1v) is 7.30. The molecule has 3 nitrogen and oxygen atoms in total. The predicted octanol–water partition coefficient (Wildman–Crippen LogP) is 2.06. The molecule has 0 bridgehead atoms. The molecule has 104 valence electrons. The molecule has 1 saturated heterocycles. The molecule has 3 aliphatic rings. The molecule has 4 heteroatoms. The third-order valence-corrected chi connectivity index (χ3v) is 4.33. The lowest BCUT2D eigenvalue weighted by atomic mass is 10.0. The number of hydrogen-bond donors (Lipinski definition) is 1.